The molecular formula is C10H15N3. The molecule has 1 unspecified atom stereocenters. The van der Waals surface area contributed by atoms with Gasteiger partial charge in [0.25, 0.3) is 0 Å². The maximum Gasteiger partial charge on any atom is 0.115 e. The maximum atomic E-state index is 5.75. The van der Waals surface area contributed by atoms with Gasteiger partial charge >= 0.3 is 0 Å². The van der Waals surface area contributed by atoms with Crippen LogP contribution in [-0.2, 0) is 0 Å². The van der Waals surface area contributed by atoms with Gasteiger partial charge in [-0.2, -0.15) is 0 Å². The maximum absolute atomic E-state index is 5.75. The zero-order valence-corrected chi connectivity index (χ0v) is 7.69. The third kappa shape index (κ3) is 1.70. The van der Waals surface area contributed by atoms with E-state index in [1.54, 1.807) is 12.5 Å². The van der Waals surface area contributed by atoms with Crippen molar-refractivity contribution in [1.82, 2.24) is 9.97 Å². The Morgan fingerprint density at radius 2 is 2.38 bits per heavy atom. The van der Waals surface area contributed by atoms with Crippen molar-refractivity contribution in [3.8, 4) is 0 Å². The van der Waals surface area contributed by atoms with Gasteiger partial charge in [0.1, 0.15) is 6.33 Å². The summed E-state index contributed by atoms with van der Waals surface area (Å²) in [6, 6.07) is 1.98. The molecule has 0 amide bonds. The summed E-state index contributed by atoms with van der Waals surface area (Å²) in [5.74, 6) is 1.22. The van der Waals surface area contributed by atoms with E-state index >= 15 is 0 Å². The standard InChI is InChI=1S/C10H15N3/c11-6-9(8-2-1-3-8)10-4-5-12-7-13-10/h4-5,7-9H,1-3,6,11H2. The normalized spacial score (nSPS) is 19.5. The van der Waals surface area contributed by atoms with E-state index in [2.05, 4.69) is 9.97 Å². The van der Waals surface area contributed by atoms with Gasteiger partial charge in [-0.3, -0.25) is 0 Å². The number of nitrogens with zero attached hydrogens (tertiary/aromatic N) is 2. The first-order valence-corrected chi connectivity index (χ1v) is 4.88. The Labute approximate surface area is 78.4 Å². The van der Waals surface area contributed by atoms with E-state index < -0.39 is 0 Å². The van der Waals surface area contributed by atoms with Crippen molar-refractivity contribution in [3.63, 3.8) is 0 Å². The Balaban J connectivity index is 2.12. The van der Waals surface area contributed by atoms with Gasteiger partial charge in [0.2, 0.25) is 0 Å². The molecule has 0 radical (unpaired) electrons. The molecule has 0 spiro atoms. The van der Waals surface area contributed by atoms with Crippen LogP contribution in [0.4, 0.5) is 0 Å². The molecule has 1 fully saturated rings. The van der Waals surface area contributed by atoms with Crippen molar-refractivity contribution in [2.45, 2.75) is 25.2 Å². The summed E-state index contributed by atoms with van der Waals surface area (Å²) in [4.78, 5) is 8.18. The fraction of sp³-hybridized carbons (Fsp3) is 0.600. The second-order valence-electron chi connectivity index (χ2n) is 3.67. The van der Waals surface area contributed by atoms with Crippen LogP contribution >= 0.6 is 0 Å². The second kappa shape index (κ2) is 3.83. The Kier molecular flexibility index (Phi) is 2.54. The van der Waals surface area contributed by atoms with Gasteiger partial charge < -0.3 is 5.73 Å². The molecule has 2 N–H and O–H groups in total. The topological polar surface area (TPSA) is 51.8 Å². The smallest absolute Gasteiger partial charge is 0.115 e. The molecule has 13 heavy (non-hydrogen) atoms. The fourth-order valence-corrected chi connectivity index (χ4v) is 1.92. The zero-order valence-electron chi connectivity index (χ0n) is 7.69. The summed E-state index contributed by atoms with van der Waals surface area (Å²) in [7, 11) is 0. The highest BCUT2D eigenvalue weighted by Gasteiger charge is 2.27. The second-order valence-corrected chi connectivity index (χ2v) is 3.67. The molecule has 0 aliphatic heterocycles. The lowest BCUT2D eigenvalue weighted by Gasteiger charge is -2.32. The molecule has 1 aromatic rings. The van der Waals surface area contributed by atoms with E-state index in [0.29, 0.717) is 12.5 Å². The van der Waals surface area contributed by atoms with Crippen LogP contribution in [0.2, 0.25) is 0 Å². The highest BCUT2D eigenvalue weighted by molar-refractivity contribution is 5.09. The van der Waals surface area contributed by atoms with Gasteiger partial charge in [0.15, 0.2) is 0 Å². The van der Waals surface area contributed by atoms with Gasteiger partial charge in [-0.15, -0.1) is 0 Å². The molecule has 3 nitrogen and oxygen atoms in total. The minimum atomic E-state index is 0.455. The quantitative estimate of drug-likeness (QED) is 0.757. The number of rotatable bonds is 3. The number of hydrogen-bond donors (Lipinski definition) is 1. The van der Waals surface area contributed by atoms with Crippen LogP contribution in [0.25, 0.3) is 0 Å². The molecule has 0 aromatic carbocycles. The Hall–Kier alpha value is -0.960. The minimum Gasteiger partial charge on any atom is -0.330 e. The minimum absolute atomic E-state index is 0.455. The lowest BCUT2D eigenvalue weighted by atomic mass is 9.74. The molecule has 1 heterocycles. The molecule has 1 atom stereocenters. The Morgan fingerprint density at radius 1 is 1.54 bits per heavy atom. The van der Waals surface area contributed by atoms with Crippen LogP contribution in [0, 0.1) is 5.92 Å². The van der Waals surface area contributed by atoms with Gasteiger partial charge in [-0.05, 0) is 24.8 Å². The SMILES string of the molecule is NCC(c1ccncn1)C1CCC1. The molecular weight excluding hydrogens is 162 g/mol. The average Bonchev–Trinajstić information content (AvgIpc) is 2.12. The molecule has 1 aliphatic rings. The summed E-state index contributed by atoms with van der Waals surface area (Å²) in [5, 5.41) is 0. The molecule has 0 bridgehead atoms. The van der Waals surface area contributed by atoms with Crippen molar-refractivity contribution in [1.29, 1.82) is 0 Å². The van der Waals surface area contributed by atoms with E-state index in [-0.39, 0.29) is 0 Å². The predicted octanol–water partition coefficient (Wildman–Crippen LogP) is 1.32. The van der Waals surface area contributed by atoms with Gasteiger partial charge in [-0.1, -0.05) is 6.42 Å². The van der Waals surface area contributed by atoms with Crippen molar-refractivity contribution in [2.75, 3.05) is 6.54 Å². The van der Waals surface area contributed by atoms with E-state index in [9.17, 15) is 0 Å². The lowest BCUT2D eigenvalue weighted by molar-refractivity contribution is 0.260. The summed E-state index contributed by atoms with van der Waals surface area (Å²) >= 11 is 0. The molecule has 1 aromatic heterocycles. The van der Waals surface area contributed by atoms with Gasteiger partial charge in [0.05, 0.1) is 0 Å². The third-order valence-electron chi connectivity index (χ3n) is 2.96. The van der Waals surface area contributed by atoms with Crippen LogP contribution in [0.5, 0.6) is 0 Å². The third-order valence-corrected chi connectivity index (χ3v) is 2.96. The van der Waals surface area contributed by atoms with E-state index in [1.807, 2.05) is 6.07 Å². The van der Waals surface area contributed by atoms with E-state index in [4.69, 9.17) is 5.73 Å². The molecule has 0 saturated heterocycles. The van der Waals surface area contributed by atoms with Crippen LogP contribution in [-0.4, -0.2) is 16.5 Å². The highest BCUT2D eigenvalue weighted by Crippen LogP contribution is 2.37. The van der Waals surface area contributed by atoms with Crippen LogP contribution < -0.4 is 5.73 Å². The average molecular weight is 177 g/mol. The lowest BCUT2D eigenvalue weighted by Crippen LogP contribution is -2.27. The van der Waals surface area contributed by atoms with Crippen molar-refractivity contribution < 1.29 is 0 Å². The first-order chi connectivity index (χ1) is 6.42. The van der Waals surface area contributed by atoms with Crippen molar-refractivity contribution in [3.05, 3.63) is 24.3 Å². The zero-order chi connectivity index (χ0) is 9.10. The number of nitrogens with two attached hydrogens (primary N) is 1. The Bertz CT molecular complexity index is 256. The summed E-state index contributed by atoms with van der Waals surface area (Å²) in [6.45, 7) is 0.710. The van der Waals surface area contributed by atoms with Crippen LogP contribution in [0.15, 0.2) is 18.6 Å². The monoisotopic (exact) mass is 177 g/mol. The fourth-order valence-electron chi connectivity index (χ4n) is 1.92. The first-order valence-electron chi connectivity index (χ1n) is 4.88. The van der Waals surface area contributed by atoms with Crippen molar-refractivity contribution >= 4 is 0 Å². The van der Waals surface area contributed by atoms with Crippen LogP contribution in [0.3, 0.4) is 0 Å². The molecule has 1 aliphatic carbocycles. The summed E-state index contributed by atoms with van der Waals surface area (Å²) < 4.78 is 0. The summed E-state index contributed by atoms with van der Waals surface area (Å²) in [5.41, 5.74) is 6.87. The van der Waals surface area contributed by atoms with Crippen LogP contribution in [0.1, 0.15) is 30.9 Å². The molecule has 3 heteroatoms. The summed E-state index contributed by atoms with van der Waals surface area (Å²) in [6.07, 6.45) is 7.38. The Morgan fingerprint density at radius 3 is 2.85 bits per heavy atom. The molecule has 1 saturated carbocycles. The highest BCUT2D eigenvalue weighted by atomic mass is 14.8. The molecule has 2 rings (SSSR count). The first kappa shape index (κ1) is 8.63. The van der Waals surface area contributed by atoms with E-state index in [1.165, 1.54) is 19.3 Å². The van der Waals surface area contributed by atoms with Gasteiger partial charge in [-0.25, -0.2) is 9.97 Å². The van der Waals surface area contributed by atoms with Gasteiger partial charge in [0, 0.05) is 24.4 Å². The van der Waals surface area contributed by atoms with Crippen molar-refractivity contribution in [2.24, 2.45) is 11.7 Å². The molecule has 70 valence electrons. The number of hydrogen-bond acceptors (Lipinski definition) is 3. The van der Waals surface area contributed by atoms with E-state index in [0.717, 1.165) is 11.6 Å². The largest absolute Gasteiger partial charge is 0.330 e. The number of aromatic nitrogens is 2. The predicted molar refractivity (Wildman–Crippen MR) is 51.2 cm³/mol.